The van der Waals surface area contributed by atoms with E-state index in [0.29, 0.717) is 23.7 Å². The van der Waals surface area contributed by atoms with Crippen LogP contribution in [0.1, 0.15) is 31.4 Å². The van der Waals surface area contributed by atoms with Crippen molar-refractivity contribution in [1.29, 1.82) is 0 Å². The predicted molar refractivity (Wildman–Crippen MR) is 103 cm³/mol. The second kappa shape index (κ2) is 8.23. The standard InChI is InChI=1S/C19H24N2O4S/c1-5-19(22)20-17-12-15(8-10-18(17)25-6-2)26(23,24)21-16-9-7-13(3)11-14(16)4/h7-12,21H,5-6H2,1-4H3,(H,20,22). The lowest BCUT2D eigenvalue weighted by atomic mass is 10.1. The van der Waals surface area contributed by atoms with Crippen LogP contribution in [0.15, 0.2) is 41.3 Å². The minimum Gasteiger partial charge on any atom is -0.492 e. The SMILES string of the molecule is CCOc1ccc(S(=O)(=O)Nc2ccc(C)cc2C)cc1NC(=O)CC. The van der Waals surface area contributed by atoms with Crippen LogP contribution in [-0.4, -0.2) is 20.9 Å². The quantitative estimate of drug-likeness (QED) is 0.769. The zero-order valence-electron chi connectivity index (χ0n) is 15.4. The molecular weight excluding hydrogens is 352 g/mol. The van der Waals surface area contributed by atoms with Gasteiger partial charge in [-0.25, -0.2) is 8.42 Å². The van der Waals surface area contributed by atoms with Crippen LogP contribution < -0.4 is 14.8 Å². The Morgan fingerprint density at radius 3 is 2.38 bits per heavy atom. The third-order valence-electron chi connectivity index (χ3n) is 3.78. The van der Waals surface area contributed by atoms with Crippen molar-refractivity contribution in [2.75, 3.05) is 16.6 Å². The minimum absolute atomic E-state index is 0.0485. The van der Waals surface area contributed by atoms with Crippen LogP contribution in [0, 0.1) is 13.8 Å². The van der Waals surface area contributed by atoms with Gasteiger partial charge < -0.3 is 10.1 Å². The molecule has 140 valence electrons. The molecule has 26 heavy (non-hydrogen) atoms. The summed E-state index contributed by atoms with van der Waals surface area (Å²) in [7, 11) is -3.80. The Morgan fingerprint density at radius 2 is 1.77 bits per heavy atom. The second-order valence-electron chi connectivity index (χ2n) is 5.92. The summed E-state index contributed by atoms with van der Waals surface area (Å²) in [6.07, 6.45) is 0.281. The zero-order valence-corrected chi connectivity index (χ0v) is 16.2. The van der Waals surface area contributed by atoms with Crippen molar-refractivity contribution in [3.8, 4) is 5.75 Å². The Balaban J connectivity index is 2.38. The molecule has 2 aromatic rings. The van der Waals surface area contributed by atoms with Gasteiger partial charge in [0.15, 0.2) is 0 Å². The molecule has 0 heterocycles. The van der Waals surface area contributed by atoms with Crippen LogP contribution in [0.4, 0.5) is 11.4 Å². The molecule has 0 fully saturated rings. The number of rotatable bonds is 7. The predicted octanol–water partition coefficient (Wildman–Crippen LogP) is 3.85. The van der Waals surface area contributed by atoms with E-state index in [9.17, 15) is 13.2 Å². The Labute approximate surface area is 154 Å². The van der Waals surface area contributed by atoms with Gasteiger partial charge in [-0.2, -0.15) is 0 Å². The molecule has 2 rings (SSSR count). The first kappa shape index (κ1) is 19.8. The van der Waals surface area contributed by atoms with E-state index in [1.165, 1.54) is 12.1 Å². The molecule has 1 amide bonds. The molecule has 0 aliphatic carbocycles. The average molecular weight is 376 g/mol. The lowest BCUT2D eigenvalue weighted by Crippen LogP contribution is -2.16. The normalized spacial score (nSPS) is 11.1. The number of sulfonamides is 1. The molecule has 7 heteroatoms. The molecule has 0 aliphatic rings. The highest BCUT2D eigenvalue weighted by Crippen LogP contribution is 2.29. The Kier molecular flexibility index (Phi) is 6.26. The maximum absolute atomic E-state index is 12.8. The number of hydrogen-bond donors (Lipinski definition) is 2. The smallest absolute Gasteiger partial charge is 0.261 e. The molecule has 2 aromatic carbocycles. The van der Waals surface area contributed by atoms with E-state index in [1.54, 1.807) is 19.1 Å². The van der Waals surface area contributed by atoms with Gasteiger partial charge in [-0.1, -0.05) is 24.6 Å². The van der Waals surface area contributed by atoms with Crippen molar-refractivity contribution in [2.24, 2.45) is 0 Å². The molecule has 2 N–H and O–H groups in total. The average Bonchev–Trinajstić information content (AvgIpc) is 2.59. The summed E-state index contributed by atoms with van der Waals surface area (Å²) in [5.74, 6) is 0.211. The number of nitrogens with one attached hydrogen (secondary N) is 2. The monoisotopic (exact) mass is 376 g/mol. The van der Waals surface area contributed by atoms with E-state index in [4.69, 9.17) is 4.74 Å². The fourth-order valence-corrected chi connectivity index (χ4v) is 3.58. The van der Waals surface area contributed by atoms with Crippen LogP contribution in [-0.2, 0) is 14.8 Å². The highest BCUT2D eigenvalue weighted by molar-refractivity contribution is 7.92. The fraction of sp³-hybridized carbons (Fsp3) is 0.316. The van der Waals surface area contributed by atoms with Crippen molar-refractivity contribution in [3.63, 3.8) is 0 Å². The number of anilines is 2. The molecule has 0 aliphatic heterocycles. The van der Waals surface area contributed by atoms with Gasteiger partial charge in [0.1, 0.15) is 5.75 Å². The van der Waals surface area contributed by atoms with E-state index >= 15 is 0 Å². The summed E-state index contributed by atoms with van der Waals surface area (Å²) < 4.78 is 33.6. The van der Waals surface area contributed by atoms with E-state index in [0.717, 1.165) is 11.1 Å². The second-order valence-corrected chi connectivity index (χ2v) is 7.60. The largest absolute Gasteiger partial charge is 0.492 e. The maximum Gasteiger partial charge on any atom is 0.261 e. The van der Waals surface area contributed by atoms with Gasteiger partial charge >= 0.3 is 0 Å². The fourth-order valence-electron chi connectivity index (χ4n) is 2.43. The first-order valence-corrected chi connectivity index (χ1v) is 9.92. The van der Waals surface area contributed by atoms with Gasteiger partial charge in [-0.15, -0.1) is 0 Å². The molecule has 0 atom stereocenters. The third-order valence-corrected chi connectivity index (χ3v) is 5.15. The summed E-state index contributed by atoms with van der Waals surface area (Å²) in [5.41, 5.74) is 2.74. The lowest BCUT2D eigenvalue weighted by molar-refractivity contribution is -0.115. The lowest BCUT2D eigenvalue weighted by Gasteiger charge is -2.15. The van der Waals surface area contributed by atoms with Gasteiger partial charge in [0, 0.05) is 6.42 Å². The maximum atomic E-state index is 12.8. The van der Waals surface area contributed by atoms with Crippen LogP contribution in [0.5, 0.6) is 5.75 Å². The number of carbonyl (C=O) groups excluding carboxylic acids is 1. The van der Waals surface area contributed by atoms with Crippen LogP contribution in [0.2, 0.25) is 0 Å². The van der Waals surface area contributed by atoms with Crippen molar-refractivity contribution >= 4 is 27.3 Å². The minimum atomic E-state index is -3.80. The van der Waals surface area contributed by atoms with E-state index < -0.39 is 10.0 Å². The Hall–Kier alpha value is -2.54. The summed E-state index contributed by atoms with van der Waals surface area (Å²) >= 11 is 0. The van der Waals surface area contributed by atoms with Gasteiger partial charge in [0.05, 0.1) is 22.9 Å². The van der Waals surface area contributed by atoms with Crippen molar-refractivity contribution in [2.45, 2.75) is 39.0 Å². The number of aryl methyl sites for hydroxylation is 2. The first-order chi connectivity index (χ1) is 12.3. The molecule has 0 radical (unpaired) electrons. The Bertz CT molecular complexity index is 908. The Morgan fingerprint density at radius 1 is 1.04 bits per heavy atom. The number of ether oxygens (including phenoxy) is 1. The topological polar surface area (TPSA) is 84.5 Å². The van der Waals surface area contributed by atoms with Gasteiger partial charge in [0.2, 0.25) is 5.91 Å². The number of amides is 1. The summed E-state index contributed by atoms with van der Waals surface area (Å²) in [6, 6.07) is 9.89. The van der Waals surface area contributed by atoms with Crippen LogP contribution >= 0.6 is 0 Å². The van der Waals surface area contributed by atoms with Crippen molar-refractivity contribution in [1.82, 2.24) is 0 Å². The molecule has 0 aromatic heterocycles. The number of carbonyl (C=O) groups is 1. The van der Waals surface area contributed by atoms with Gasteiger partial charge in [-0.05, 0) is 50.6 Å². The van der Waals surface area contributed by atoms with E-state index in [1.807, 2.05) is 32.9 Å². The van der Waals surface area contributed by atoms with Gasteiger partial charge in [-0.3, -0.25) is 9.52 Å². The zero-order chi connectivity index (χ0) is 19.3. The summed E-state index contributed by atoms with van der Waals surface area (Å²) in [6.45, 7) is 7.73. The summed E-state index contributed by atoms with van der Waals surface area (Å²) in [4.78, 5) is 11.8. The molecule has 0 bridgehead atoms. The van der Waals surface area contributed by atoms with E-state index in [-0.39, 0.29) is 17.2 Å². The third kappa shape index (κ3) is 4.76. The van der Waals surface area contributed by atoms with Crippen LogP contribution in [0.25, 0.3) is 0 Å². The molecule has 0 saturated carbocycles. The van der Waals surface area contributed by atoms with E-state index in [2.05, 4.69) is 10.0 Å². The van der Waals surface area contributed by atoms with Crippen LogP contribution in [0.3, 0.4) is 0 Å². The summed E-state index contributed by atoms with van der Waals surface area (Å²) in [5, 5.41) is 2.68. The number of hydrogen-bond acceptors (Lipinski definition) is 4. The molecule has 0 unspecified atom stereocenters. The number of benzene rings is 2. The molecule has 0 saturated heterocycles. The van der Waals surface area contributed by atoms with Crippen molar-refractivity contribution < 1.29 is 17.9 Å². The molecule has 0 spiro atoms. The highest BCUT2D eigenvalue weighted by atomic mass is 32.2. The highest BCUT2D eigenvalue weighted by Gasteiger charge is 2.18. The first-order valence-electron chi connectivity index (χ1n) is 8.43. The molecule has 6 nitrogen and oxygen atoms in total. The van der Waals surface area contributed by atoms with Gasteiger partial charge in [0.25, 0.3) is 10.0 Å². The molecular formula is C19H24N2O4S. The van der Waals surface area contributed by atoms with Crippen molar-refractivity contribution in [3.05, 3.63) is 47.5 Å².